The third-order valence-electron chi connectivity index (χ3n) is 5.01. The van der Waals surface area contributed by atoms with Crippen LogP contribution in [-0.2, 0) is 17.7 Å². The monoisotopic (exact) mass is 379 g/mol. The topological polar surface area (TPSA) is 101 Å². The molecule has 0 radical (unpaired) electrons. The van der Waals surface area contributed by atoms with Gasteiger partial charge in [-0.3, -0.25) is 9.36 Å². The molecular formula is C18H21N9O. The highest BCUT2D eigenvalue weighted by Gasteiger charge is 2.17. The predicted molar refractivity (Wildman–Crippen MR) is 100 cm³/mol. The van der Waals surface area contributed by atoms with Crippen LogP contribution in [0.5, 0.6) is 0 Å². The minimum Gasteiger partial charge on any atom is -0.381 e. The second-order valence-corrected chi connectivity index (χ2v) is 6.90. The maximum absolute atomic E-state index is 5.43. The van der Waals surface area contributed by atoms with Crippen molar-refractivity contribution in [1.82, 2.24) is 44.5 Å². The van der Waals surface area contributed by atoms with Gasteiger partial charge in [0.15, 0.2) is 11.2 Å². The highest BCUT2D eigenvalue weighted by molar-refractivity contribution is 5.70. The molecule has 0 bridgehead atoms. The van der Waals surface area contributed by atoms with Gasteiger partial charge in [-0.2, -0.15) is 14.9 Å². The van der Waals surface area contributed by atoms with E-state index < -0.39 is 0 Å². The largest absolute Gasteiger partial charge is 0.381 e. The lowest BCUT2D eigenvalue weighted by Gasteiger charge is -2.22. The first-order valence-electron chi connectivity index (χ1n) is 9.51. The van der Waals surface area contributed by atoms with Gasteiger partial charge < -0.3 is 4.74 Å². The van der Waals surface area contributed by atoms with E-state index in [1.165, 1.54) is 0 Å². The van der Waals surface area contributed by atoms with Gasteiger partial charge in [0, 0.05) is 32.4 Å². The van der Waals surface area contributed by atoms with E-state index in [4.69, 9.17) is 9.72 Å². The first-order valence-corrected chi connectivity index (χ1v) is 9.51. The quantitative estimate of drug-likeness (QED) is 0.519. The summed E-state index contributed by atoms with van der Waals surface area (Å²) in [4.78, 5) is 9.14. The molecule has 0 atom stereocenters. The molecule has 10 nitrogen and oxygen atoms in total. The Morgan fingerprint density at radius 2 is 2.00 bits per heavy atom. The summed E-state index contributed by atoms with van der Waals surface area (Å²) in [6, 6.07) is 0.409. The Hall–Kier alpha value is -3.14. The number of ether oxygens (including phenoxy) is 1. The molecule has 1 saturated heterocycles. The molecule has 5 heterocycles. The number of fused-ring (bicyclic) bond motifs is 1. The highest BCUT2D eigenvalue weighted by atomic mass is 16.5. The number of rotatable bonds is 5. The molecule has 0 N–H and O–H groups in total. The van der Waals surface area contributed by atoms with Gasteiger partial charge in [0.25, 0.3) is 0 Å². The maximum atomic E-state index is 5.43. The molecule has 1 aliphatic heterocycles. The van der Waals surface area contributed by atoms with Crippen LogP contribution >= 0.6 is 0 Å². The van der Waals surface area contributed by atoms with Gasteiger partial charge in [0.05, 0.1) is 30.8 Å². The van der Waals surface area contributed by atoms with Gasteiger partial charge in [-0.15, -0.1) is 5.10 Å². The standard InChI is InChI=1S/C18H21N9O/c1-2-25-12-15(9-20-25)27-18-16(23-24-27)10-19-17(22-18)7-13-8-21-26(11-13)14-3-5-28-6-4-14/h8-12,14H,2-7H2,1H3. The van der Waals surface area contributed by atoms with Gasteiger partial charge in [-0.05, 0) is 25.3 Å². The predicted octanol–water partition coefficient (Wildman–Crippen LogP) is 1.57. The van der Waals surface area contributed by atoms with E-state index in [-0.39, 0.29) is 0 Å². The second-order valence-electron chi connectivity index (χ2n) is 6.90. The van der Waals surface area contributed by atoms with Crippen LogP contribution in [0.3, 0.4) is 0 Å². The molecule has 1 fully saturated rings. The molecule has 5 rings (SSSR count). The van der Waals surface area contributed by atoms with Crippen LogP contribution in [0.4, 0.5) is 0 Å². The van der Waals surface area contributed by atoms with Gasteiger partial charge in [0.1, 0.15) is 11.5 Å². The zero-order valence-corrected chi connectivity index (χ0v) is 15.6. The Labute approximate surface area is 161 Å². The molecule has 0 unspecified atom stereocenters. The fourth-order valence-electron chi connectivity index (χ4n) is 3.46. The molecular weight excluding hydrogens is 358 g/mol. The van der Waals surface area contributed by atoms with Crippen molar-refractivity contribution in [2.24, 2.45) is 0 Å². The number of aryl methyl sites for hydroxylation is 1. The zero-order chi connectivity index (χ0) is 18.9. The molecule has 1 aliphatic rings. The molecule has 0 spiro atoms. The summed E-state index contributed by atoms with van der Waals surface area (Å²) in [6.07, 6.45) is 12.0. The average Bonchev–Trinajstić information content (AvgIpc) is 3.47. The summed E-state index contributed by atoms with van der Waals surface area (Å²) in [7, 11) is 0. The zero-order valence-electron chi connectivity index (χ0n) is 15.6. The highest BCUT2D eigenvalue weighted by Crippen LogP contribution is 2.21. The molecule has 0 aliphatic carbocycles. The lowest BCUT2D eigenvalue weighted by Crippen LogP contribution is -2.19. The van der Waals surface area contributed by atoms with E-state index in [1.807, 2.05) is 28.7 Å². The van der Waals surface area contributed by atoms with Crippen LogP contribution in [-0.4, -0.2) is 57.7 Å². The molecule has 4 aromatic heterocycles. The fraction of sp³-hybridized carbons (Fsp3) is 0.444. The van der Waals surface area contributed by atoms with Crippen molar-refractivity contribution in [2.75, 3.05) is 13.2 Å². The first kappa shape index (κ1) is 17.0. The van der Waals surface area contributed by atoms with Crippen molar-refractivity contribution in [3.63, 3.8) is 0 Å². The van der Waals surface area contributed by atoms with Crippen molar-refractivity contribution in [3.05, 3.63) is 42.4 Å². The maximum Gasteiger partial charge on any atom is 0.187 e. The van der Waals surface area contributed by atoms with Gasteiger partial charge in [0.2, 0.25) is 0 Å². The van der Waals surface area contributed by atoms with Crippen molar-refractivity contribution >= 4 is 11.2 Å². The summed E-state index contributed by atoms with van der Waals surface area (Å²) in [5, 5.41) is 17.2. The number of aromatic nitrogens is 9. The Balaban J connectivity index is 1.40. The Bertz CT molecular complexity index is 1090. The van der Waals surface area contributed by atoms with Gasteiger partial charge >= 0.3 is 0 Å². The van der Waals surface area contributed by atoms with Gasteiger partial charge in [-0.25, -0.2) is 9.97 Å². The summed E-state index contributed by atoms with van der Waals surface area (Å²) in [6.45, 7) is 4.43. The van der Waals surface area contributed by atoms with E-state index in [0.717, 1.165) is 43.9 Å². The molecule has 10 heteroatoms. The Morgan fingerprint density at radius 1 is 1.11 bits per heavy atom. The summed E-state index contributed by atoms with van der Waals surface area (Å²) in [5.74, 6) is 0.713. The minimum atomic E-state index is 0.409. The third kappa shape index (κ3) is 3.15. The summed E-state index contributed by atoms with van der Waals surface area (Å²) < 4.78 is 11.0. The lowest BCUT2D eigenvalue weighted by molar-refractivity contribution is 0.0662. The fourth-order valence-corrected chi connectivity index (χ4v) is 3.46. The van der Waals surface area contributed by atoms with E-state index in [0.29, 0.717) is 29.5 Å². The molecule has 0 aromatic carbocycles. The third-order valence-corrected chi connectivity index (χ3v) is 5.01. The van der Waals surface area contributed by atoms with Crippen molar-refractivity contribution < 1.29 is 4.74 Å². The Morgan fingerprint density at radius 3 is 2.82 bits per heavy atom. The minimum absolute atomic E-state index is 0.409. The van der Waals surface area contributed by atoms with Crippen LogP contribution in [0.1, 0.15) is 37.2 Å². The van der Waals surface area contributed by atoms with Gasteiger partial charge in [-0.1, -0.05) is 5.21 Å². The molecule has 28 heavy (non-hydrogen) atoms. The SMILES string of the molecule is CCn1cc(-n2nnc3cnc(Cc4cnn(C5CCOCC5)c4)nc32)cn1. The van der Waals surface area contributed by atoms with Crippen molar-refractivity contribution in [2.45, 2.75) is 38.8 Å². The van der Waals surface area contributed by atoms with Crippen molar-refractivity contribution in [3.8, 4) is 5.69 Å². The van der Waals surface area contributed by atoms with Crippen LogP contribution in [0, 0.1) is 0 Å². The van der Waals surface area contributed by atoms with Crippen LogP contribution in [0.15, 0.2) is 31.0 Å². The van der Waals surface area contributed by atoms with Crippen LogP contribution in [0.2, 0.25) is 0 Å². The smallest absolute Gasteiger partial charge is 0.187 e. The summed E-state index contributed by atoms with van der Waals surface area (Å²) >= 11 is 0. The number of nitrogens with zero attached hydrogens (tertiary/aromatic N) is 9. The summed E-state index contributed by atoms with van der Waals surface area (Å²) in [5.41, 5.74) is 3.26. The molecule has 144 valence electrons. The number of hydrogen-bond donors (Lipinski definition) is 0. The average molecular weight is 379 g/mol. The van der Waals surface area contributed by atoms with E-state index in [1.54, 1.807) is 17.1 Å². The first-order chi connectivity index (χ1) is 13.8. The van der Waals surface area contributed by atoms with Crippen molar-refractivity contribution in [1.29, 1.82) is 0 Å². The number of hydrogen-bond acceptors (Lipinski definition) is 7. The van der Waals surface area contributed by atoms with E-state index in [2.05, 4.69) is 31.7 Å². The van der Waals surface area contributed by atoms with Crippen LogP contribution < -0.4 is 0 Å². The normalized spacial score (nSPS) is 15.5. The Kier molecular flexibility index (Phi) is 4.32. The van der Waals surface area contributed by atoms with Crippen LogP contribution in [0.25, 0.3) is 16.9 Å². The second kappa shape index (κ2) is 7.12. The lowest BCUT2D eigenvalue weighted by atomic mass is 10.1. The molecule has 0 saturated carbocycles. The van der Waals surface area contributed by atoms with E-state index in [9.17, 15) is 0 Å². The molecule has 4 aromatic rings. The van der Waals surface area contributed by atoms with E-state index >= 15 is 0 Å². The molecule has 0 amide bonds.